The number of hydrogen-bond acceptors (Lipinski definition) is 5. The van der Waals surface area contributed by atoms with Crippen LogP contribution in [0.5, 0.6) is 0 Å². The zero-order valence-electron chi connectivity index (χ0n) is 10.7. The first kappa shape index (κ1) is 15.0. The van der Waals surface area contributed by atoms with Crippen LogP contribution in [0, 0.1) is 0 Å². The van der Waals surface area contributed by atoms with Crippen LogP contribution < -0.4 is 10.5 Å². The van der Waals surface area contributed by atoms with Crippen molar-refractivity contribution in [2.75, 3.05) is 4.72 Å². The zero-order chi connectivity index (χ0) is 15.2. The van der Waals surface area contributed by atoms with Gasteiger partial charge >= 0.3 is 0 Å². The van der Waals surface area contributed by atoms with Crippen molar-refractivity contribution in [1.82, 2.24) is 0 Å². The molecule has 3 N–H and O–H groups in total. The summed E-state index contributed by atoms with van der Waals surface area (Å²) in [7, 11) is -3.69. The molecule has 0 aromatic carbocycles. The molecule has 0 radical (unpaired) electrons. The molecule has 1 aliphatic carbocycles. The lowest BCUT2D eigenvalue weighted by Crippen LogP contribution is -2.17. The van der Waals surface area contributed by atoms with Crippen LogP contribution in [0.4, 0.5) is 5.00 Å². The van der Waals surface area contributed by atoms with E-state index in [0.29, 0.717) is 10.6 Å². The van der Waals surface area contributed by atoms with Crippen molar-refractivity contribution < 1.29 is 13.2 Å². The molecule has 112 valence electrons. The second kappa shape index (κ2) is 5.38. The standard InChI is InChI=1S/C12H11BrN2O3S3/c13-8-4-5-9(20-8)21(17,18)15-12-10(11(14)16)6-2-1-3-7(6)19-12/h4-5,15H,1-3H2,(H2,14,16). The van der Waals surface area contributed by atoms with Crippen LogP contribution in [-0.2, 0) is 22.9 Å². The molecule has 3 rings (SSSR count). The number of primary amides is 1. The number of carbonyl (C=O) groups is 1. The fraction of sp³-hybridized carbons (Fsp3) is 0.250. The number of amides is 1. The van der Waals surface area contributed by atoms with Crippen molar-refractivity contribution in [2.45, 2.75) is 23.5 Å². The van der Waals surface area contributed by atoms with Crippen molar-refractivity contribution in [3.05, 3.63) is 31.9 Å². The van der Waals surface area contributed by atoms with Crippen LogP contribution in [0.15, 0.2) is 20.1 Å². The van der Waals surface area contributed by atoms with E-state index in [9.17, 15) is 13.2 Å². The van der Waals surface area contributed by atoms with E-state index in [1.807, 2.05) is 0 Å². The van der Waals surface area contributed by atoms with Crippen LogP contribution in [0.25, 0.3) is 0 Å². The van der Waals surface area contributed by atoms with Crippen LogP contribution in [0.1, 0.15) is 27.2 Å². The number of rotatable bonds is 4. The molecule has 0 saturated carbocycles. The minimum Gasteiger partial charge on any atom is -0.365 e. The summed E-state index contributed by atoms with van der Waals surface area (Å²) in [6, 6.07) is 3.19. The summed E-state index contributed by atoms with van der Waals surface area (Å²) >= 11 is 5.66. The number of aryl methyl sites for hydroxylation is 1. The van der Waals surface area contributed by atoms with Gasteiger partial charge in [0.15, 0.2) is 0 Å². The lowest BCUT2D eigenvalue weighted by molar-refractivity contribution is 0.100. The fourth-order valence-corrected chi connectivity index (χ4v) is 6.96. The molecule has 0 bridgehead atoms. The highest BCUT2D eigenvalue weighted by Gasteiger charge is 2.28. The number of nitrogens with two attached hydrogens (primary N) is 1. The lowest BCUT2D eigenvalue weighted by atomic mass is 10.1. The minimum absolute atomic E-state index is 0.193. The van der Waals surface area contributed by atoms with E-state index in [0.717, 1.165) is 44.8 Å². The van der Waals surface area contributed by atoms with E-state index in [1.54, 1.807) is 6.07 Å². The van der Waals surface area contributed by atoms with Gasteiger partial charge in [0.2, 0.25) is 0 Å². The molecule has 9 heteroatoms. The van der Waals surface area contributed by atoms with Crippen LogP contribution in [0.2, 0.25) is 0 Å². The van der Waals surface area contributed by atoms with Gasteiger partial charge in [-0.1, -0.05) is 0 Å². The number of halogens is 1. The smallest absolute Gasteiger partial charge is 0.272 e. The predicted molar refractivity (Wildman–Crippen MR) is 87.7 cm³/mol. The summed E-state index contributed by atoms with van der Waals surface area (Å²) in [4.78, 5) is 12.7. The Morgan fingerprint density at radius 3 is 2.67 bits per heavy atom. The van der Waals surface area contributed by atoms with Crippen LogP contribution in [-0.4, -0.2) is 14.3 Å². The van der Waals surface area contributed by atoms with Crippen LogP contribution >= 0.6 is 38.6 Å². The lowest BCUT2D eigenvalue weighted by Gasteiger charge is -2.06. The minimum atomic E-state index is -3.69. The molecule has 1 amide bonds. The first-order valence-electron chi connectivity index (χ1n) is 6.11. The average molecular weight is 407 g/mol. The normalized spacial score (nSPS) is 14.1. The largest absolute Gasteiger partial charge is 0.365 e. The van der Waals surface area contributed by atoms with Gasteiger partial charge in [-0.25, -0.2) is 8.42 Å². The SMILES string of the molecule is NC(=O)c1c(NS(=O)(=O)c2ccc(Br)s2)sc2c1CCC2. The number of thiophene rings is 2. The highest BCUT2D eigenvalue weighted by Crippen LogP contribution is 2.40. The molecule has 0 saturated heterocycles. The van der Waals surface area contributed by atoms with E-state index >= 15 is 0 Å². The fourth-order valence-electron chi connectivity index (χ4n) is 2.35. The number of sulfonamides is 1. The molecular weight excluding hydrogens is 396 g/mol. The third-order valence-electron chi connectivity index (χ3n) is 3.21. The van der Waals surface area contributed by atoms with Gasteiger partial charge < -0.3 is 5.73 Å². The van der Waals surface area contributed by atoms with Gasteiger partial charge in [-0.05, 0) is 52.9 Å². The van der Waals surface area contributed by atoms with E-state index in [4.69, 9.17) is 5.73 Å². The summed E-state index contributed by atoms with van der Waals surface area (Å²) < 4.78 is 28.1. The average Bonchev–Trinajstić information content (AvgIpc) is 3.03. The van der Waals surface area contributed by atoms with Gasteiger partial charge in [-0.2, -0.15) is 0 Å². The van der Waals surface area contributed by atoms with E-state index in [2.05, 4.69) is 20.7 Å². The van der Waals surface area contributed by atoms with E-state index < -0.39 is 15.9 Å². The molecule has 0 aliphatic heterocycles. The third-order valence-corrected chi connectivity index (χ3v) is 8.01. The summed E-state index contributed by atoms with van der Waals surface area (Å²) in [6.07, 6.45) is 2.62. The Balaban J connectivity index is 2.01. The summed E-state index contributed by atoms with van der Waals surface area (Å²) in [5.41, 5.74) is 6.65. The first-order valence-corrected chi connectivity index (χ1v) is 10.0. The topological polar surface area (TPSA) is 89.3 Å². The molecule has 0 spiro atoms. The van der Waals surface area contributed by atoms with Crippen molar-refractivity contribution >= 4 is 59.5 Å². The number of nitrogens with one attached hydrogen (secondary N) is 1. The number of anilines is 1. The van der Waals surface area contributed by atoms with Gasteiger partial charge in [0.1, 0.15) is 9.21 Å². The summed E-state index contributed by atoms with van der Waals surface area (Å²) in [5, 5.41) is 0.330. The molecule has 21 heavy (non-hydrogen) atoms. The Kier molecular flexibility index (Phi) is 3.85. The number of fused-ring (bicyclic) bond motifs is 1. The monoisotopic (exact) mass is 406 g/mol. The van der Waals surface area contributed by atoms with E-state index in [1.165, 1.54) is 17.4 Å². The Morgan fingerprint density at radius 1 is 1.29 bits per heavy atom. The van der Waals surface area contributed by atoms with Gasteiger partial charge in [0.05, 0.1) is 9.35 Å². The Bertz CT molecular complexity index is 823. The third kappa shape index (κ3) is 2.75. The highest BCUT2D eigenvalue weighted by atomic mass is 79.9. The van der Waals surface area contributed by atoms with Gasteiger partial charge in [0, 0.05) is 4.88 Å². The predicted octanol–water partition coefficient (Wildman–Crippen LogP) is 2.96. The summed E-state index contributed by atoms with van der Waals surface area (Å²) in [5.74, 6) is -0.584. The maximum atomic E-state index is 12.3. The van der Waals surface area contributed by atoms with Gasteiger partial charge in [-0.15, -0.1) is 22.7 Å². The molecule has 0 atom stereocenters. The summed E-state index contributed by atoms with van der Waals surface area (Å²) in [6.45, 7) is 0. The quantitative estimate of drug-likeness (QED) is 0.817. The molecule has 2 heterocycles. The van der Waals surface area contributed by atoms with Crippen molar-refractivity contribution in [1.29, 1.82) is 0 Å². The van der Waals surface area contributed by atoms with Crippen molar-refractivity contribution in [2.24, 2.45) is 5.73 Å². The Hall–Kier alpha value is -0.900. The molecular formula is C12H11BrN2O3S3. The zero-order valence-corrected chi connectivity index (χ0v) is 14.7. The first-order chi connectivity index (χ1) is 9.88. The maximum Gasteiger partial charge on any atom is 0.272 e. The second-order valence-electron chi connectivity index (χ2n) is 4.59. The van der Waals surface area contributed by atoms with Crippen LogP contribution in [0.3, 0.4) is 0 Å². The van der Waals surface area contributed by atoms with Gasteiger partial charge in [-0.3, -0.25) is 9.52 Å². The highest BCUT2D eigenvalue weighted by molar-refractivity contribution is 9.11. The Labute approximate surface area is 138 Å². The maximum absolute atomic E-state index is 12.3. The molecule has 2 aromatic heterocycles. The van der Waals surface area contributed by atoms with Crippen molar-refractivity contribution in [3.63, 3.8) is 0 Å². The number of hydrogen-bond donors (Lipinski definition) is 2. The number of carbonyl (C=O) groups excluding carboxylic acids is 1. The Morgan fingerprint density at radius 2 is 2.05 bits per heavy atom. The van der Waals surface area contributed by atoms with E-state index in [-0.39, 0.29) is 4.21 Å². The molecule has 0 fully saturated rings. The second-order valence-corrected chi connectivity index (χ2v) is 10.1. The molecule has 0 unspecified atom stereocenters. The molecule has 5 nitrogen and oxygen atoms in total. The molecule has 2 aromatic rings. The van der Waals surface area contributed by atoms with Crippen molar-refractivity contribution in [3.8, 4) is 0 Å². The molecule has 1 aliphatic rings. The van der Waals surface area contributed by atoms with Gasteiger partial charge in [0.25, 0.3) is 15.9 Å².